The van der Waals surface area contributed by atoms with Gasteiger partial charge in [0.1, 0.15) is 23.9 Å². The van der Waals surface area contributed by atoms with E-state index >= 15 is 0 Å². The van der Waals surface area contributed by atoms with Crippen LogP contribution in [-0.2, 0) is 20.9 Å². The SMILES string of the molecule is COC(=O)Cn1c2c(sc1=O)[C@@H](c1ccc(OC)cc1)CC(=O)N2c1cccc(OC)c1. The highest BCUT2D eigenvalue weighted by Crippen LogP contribution is 2.45. The van der Waals surface area contributed by atoms with Crippen molar-refractivity contribution in [2.45, 2.75) is 18.9 Å². The fourth-order valence-electron chi connectivity index (χ4n) is 3.80. The van der Waals surface area contributed by atoms with Crippen molar-refractivity contribution in [3.05, 3.63) is 68.6 Å². The predicted molar refractivity (Wildman–Crippen MR) is 120 cm³/mol. The van der Waals surface area contributed by atoms with Crippen molar-refractivity contribution in [3.8, 4) is 11.5 Å². The lowest BCUT2D eigenvalue weighted by Crippen LogP contribution is -2.36. The van der Waals surface area contributed by atoms with Crippen LogP contribution in [0.5, 0.6) is 11.5 Å². The molecule has 1 amide bonds. The van der Waals surface area contributed by atoms with Crippen LogP contribution in [0.3, 0.4) is 0 Å². The summed E-state index contributed by atoms with van der Waals surface area (Å²) in [6, 6.07) is 14.4. The van der Waals surface area contributed by atoms with E-state index in [0.717, 1.165) is 16.9 Å². The lowest BCUT2D eigenvalue weighted by atomic mass is 9.90. The lowest BCUT2D eigenvalue weighted by Gasteiger charge is -2.32. The number of amides is 1. The van der Waals surface area contributed by atoms with Gasteiger partial charge in [-0.2, -0.15) is 0 Å². The van der Waals surface area contributed by atoms with Gasteiger partial charge >= 0.3 is 10.8 Å². The third kappa shape index (κ3) is 3.87. The molecule has 0 N–H and O–H groups in total. The molecular formula is C23H22N2O6S. The number of thiazole rings is 1. The first kappa shape index (κ1) is 21.6. The summed E-state index contributed by atoms with van der Waals surface area (Å²) in [6.07, 6.45) is 0.175. The number of aromatic nitrogens is 1. The quantitative estimate of drug-likeness (QED) is 0.531. The average Bonchev–Trinajstić information content (AvgIpc) is 3.14. The second kappa shape index (κ2) is 8.88. The molecule has 32 heavy (non-hydrogen) atoms. The van der Waals surface area contributed by atoms with Crippen molar-refractivity contribution in [2.24, 2.45) is 0 Å². The molecule has 0 aliphatic carbocycles. The Labute approximate surface area is 188 Å². The summed E-state index contributed by atoms with van der Waals surface area (Å²) in [6.45, 7) is -0.287. The van der Waals surface area contributed by atoms with Gasteiger partial charge in [0.05, 0.1) is 31.9 Å². The van der Waals surface area contributed by atoms with Gasteiger partial charge in [-0.3, -0.25) is 23.9 Å². The number of benzene rings is 2. The van der Waals surface area contributed by atoms with Crippen LogP contribution in [0.1, 0.15) is 22.8 Å². The first-order chi connectivity index (χ1) is 15.5. The Bertz CT molecular complexity index is 1210. The predicted octanol–water partition coefficient (Wildman–Crippen LogP) is 3.30. The van der Waals surface area contributed by atoms with Crippen molar-refractivity contribution in [1.82, 2.24) is 4.57 Å². The molecule has 1 aromatic heterocycles. The van der Waals surface area contributed by atoms with Gasteiger partial charge < -0.3 is 14.2 Å². The van der Waals surface area contributed by atoms with E-state index in [1.165, 1.54) is 16.6 Å². The first-order valence-corrected chi connectivity index (χ1v) is 10.7. The first-order valence-electron chi connectivity index (χ1n) is 9.88. The van der Waals surface area contributed by atoms with E-state index in [1.54, 1.807) is 38.5 Å². The average molecular weight is 455 g/mol. The highest BCUT2D eigenvalue weighted by atomic mass is 32.1. The van der Waals surface area contributed by atoms with Gasteiger partial charge in [0.15, 0.2) is 0 Å². The summed E-state index contributed by atoms with van der Waals surface area (Å²) in [5, 5.41) is 0. The lowest BCUT2D eigenvalue weighted by molar-refractivity contribution is -0.141. The molecule has 0 radical (unpaired) electrons. The second-order valence-electron chi connectivity index (χ2n) is 7.18. The number of carbonyl (C=O) groups excluding carboxylic acids is 2. The Morgan fingerprint density at radius 2 is 1.75 bits per heavy atom. The standard InChI is InChI=1S/C23H22N2O6S/c1-29-16-9-7-14(8-10-16)18-12-19(26)25(15-5-4-6-17(11-15)30-2)22-21(18)32-23(28)24(22)13-20(27)31-3/h4-11,18H,12-13H2,1-3H3/t18-/m1/s1. The number of rotatable bonds is 6. The minimum atomic E-state index is -0.572. The summed E-state index contributed by atoms with van der Waals surface area (Å²) in [4.78, 5) is 40.3. The van der Waals surface area contributed by atoms with Crippen LogP contribution >= 0.6 is 11.3 Å². The molecule has 4 rings (SSSR count). The van der Waals surface area contributed by atoms with E-state index < -0.39 is 5.97 Å². The number of anilines is 2. The van der Waals surface area contributed by atoms with E-state index in [9.17, 15) is 14.4 Å². The van der Waals surface area contributed by atoms with Gasteiger partial charge in [-0.15, -0.1) is 0 Å². The highest BCUT2D eigenvalue weighted by molar-refractivity contribution is 7.10. The fourth-order valence-corrected chi connectivity index (χ4v) is 4.91. The molecule has 0 bridgehead atoms. The minimum Gasteiger partial charge on any atom is -0.497 e. The molecule has 9 heteroatoms. The third-order valence-electron chi connectivity index (χ3n) is 5.39. The number of hydrogen-bond acceptors (Lipinski definition) is 7. The maximum Gasteiger partial charge on any atom is 0.325 e. The van der Waals surface area contributed by atoms with Gasteiger partial charge in [0, 0.05) is 18.4 Å². The number of esters is 1. The fraction of sp³-hybridized carbons (Fsp3) is 0.261. The molecule has 2 aromatic carbocycles. The third-order valence-corrected chi connectivity index (χ3v) is 6.48. The Morgan fingerprint density at radius 3 is 2.41 bits per heavy atom. The van der Waals surface area contributed by atoms with E-state index in [-0.39, 0.29) is 29.7 Å². The molecule has 1 aliphatic rings. The minimum absolute atomic E-state index is 0.175. The molecule has 0 unspecified atom stereocenters. The largest absolute Gasteiger partial charge is 0.497 e. The molecular weight excluding hydrogens is 432 g/mol. The highest BCUT2D eigenvalue weighted by Gasteiger charge is 2.38. The zero-order chi connectivity index (χ0) is 22.8. The van der Waals surface area contributed by atoms with Crippen LogP contribution < -0.4 is 19.2 Å². The Balaban J connectivity index is 1.89. The maximum atomic E-state index is 13.4. The van der Waals surface area contributed by atoms with Crippen LogP contribution in [0, 0.1) is 0 Å². The molecule has 0 fully saturated rings. The van der Waals surface area contributed by atoms with Gasteiger partial charge in [-0.25, -0.2) is 0 Å². The van der Waals surface area contributed by atoms with Crippen molar-refractivity contribution in [1.29, 1.82) is 0 Å². The molecule has 166 valence electrons. The van der Waals surface area contributed by atoms with E-state index in [1.807, 2.05) is 24.3 Å². The zero-order valence-electron chi connectivity index (χ0n) is 17.9. The van der Waals surface area contributed by atoms with Gasteiger partial charge in [-0.05, 0) is 29.8 Å². The number of ether oxygens (including phenoxy) is 3. The summed E-state index contributed by atoms with van der Waals surface area (Å²) in [5.41, 5.74) is 1.44. The summed E-state index contributed by atoms with van der Waals surface area (Å²) < 4.78 is 16.6. The van der Waals surface area contributed by atoms with Crippen molar-refractivity contribution in [3.63, 3.8) is 0 Å². The number of hydrogen-bond donors (Lipinski definition) is 0. The van der Waals surface area contributed by atoms with Gasteiger partial charge in [-0.1, -0.05) is 29.5 Å². The van der Waals surface area contributed by atoms with Crippen molar-refractivity contribution in [2.75, 3.05) is 26.2 Å². The van der Waals surface area contributed by atoms with Crippen LogP contribution in [0.15, 0.2) is 53.3 Å². The van der Waals surface area contributed by atoms with E-state index in [4.69, 9.17) is 14.2 Å². The van der Waals surface area contributed by atoms with E-state index in [0.29, 0.717) is 27.9 Å². The number of carbonyl (C=O) groups is 2. The molecule has 1 aliphatic heterocycles. The molecule has 0 spiro atoms. The molecule has 8 nitrogen and oxygen atoms in total. The second-order valence-corrected chi connectivity index (χ2v) is 8.17. The summed E-state index contributed by atoms with van der Waals surface area (Å²) >= 11 is 1.04. The number of fused-ring (bicyclic) bond motifs is 1. The Hall–Kier alpha value is -3.59. The van der Waals surface area contributed by atoms with Crippen molar-refractivity contribution >= 4 is 34.7 Å². The number of nitrogens with zero attached hydrogens (tertiary/aromatic N) is 2. The van der Waals surface area contributed by atoms with Gasteiger partial charge in [0.2, 0.25) is 5.91 Å². The summed E-state index contributed by atoms with van der Waals surface area (Å²) in [5.74, 6) is 0.578. The molecule has 1 atom stereocenters. The van der Waals surface area contributed by atoms with Crippen LogP contribution in [0.2, 0.25) is 0 Å². The van der Waals surface area contributed by atoms with Crippen LogP contribution in [-0.4, -0.2) is 37.8 Å². The van der Waals surface area contributed by atoms with Crippen LogP contribution in [0.4, 0.5) is 11.5 Å². The smallest absolute Gasteiger partial charge is 0.325 e. The monoisotopic (exact) mass is 454 g/mol. The zero-order valence-corrected chi connectivity index (χ0v) is 18.7. The Morgan fingerprint density at radius 1 is 1.03 bits per heavy atom. The number of methoxy groups -OCH3 is 3. The molecule has 2 heterocycles. The van der Waals surface area contributed by atoms with E-state index in [2.05, 4.69) is 0 Å². The molecule has 3 aromatic rings. The van der Waals surface area contributed by atoms with Crippen molar-refractivity contribution < 1.29 is 23.8 Å². The summed E-state index contributed by atoms with van der Waals surface area (Å²) in [7, 11) is 4.39. The molecule has 0 saturated carbocycles. The topological polar surface area (TPSA) is 87.1 Å². The normalized spacial score (nSPS) is 15.3. The Kier molecular flexibility index (Phi) is 6.00. The van der Waals surface area contributed by atoms with Gasteiger partial charge in [0.25, 0.3) is 0 Å². The molecule has 0 saturated heterocycles. The maximum absolute atomic E-state index is 13.4. The van der Waals surface area contributed by atoms with Crippen LogP contribution in [0.25, 0.3) is 0 Å².